The van der Waals surface area contributed by atoms with Crippen molar-refractivity contribution in [2.75, 3.05) is 10.1 Å². The minimum atomic E-state index is -3.42. The second kappa shape index (κ2) is 6.70. The normalized spacial score (nSPS) is 11.2. The van der Waals surface area contributed by atoms with Crippen LogP contribution in [0, 0.1) is 0 Å². The predicted molar refractivity (Wildman–Crippen MR) is 86.3 cm³/mol. The number of ketones is 1. The van der Waals surface area contributed by atoms with Crippen LogP contribution in [0.2, 0.25) is 0 Å². The van der Waals surface area contributed by atoms with E-state index in [2.05, 4.69) is 4.98 Å². The Morgan fingerprint density at radius 2 is 1.86 bits per heavy atom. The highest BCUT2D eigenvalue weighted by atomic mass is 32.2. The van der Waals surface area contributed by atoms with Crippen LogP contribution in [0.1, 0.15) is 29.8 Å². The Hall–Kier alpha value is -2.21. The highest BCUT2D eigenvalue weighted by molar-refractivity contribution is 7.92. The summed E-state index contributed by atoms with van der Waals surface area (Å²) in [7, 11) is -3.42. The van der Waals surface area contributed by atoms with Gasteiger partial charge in [0, 0.05) is 18.0 Å². The van der Waals surface area contributed by atoms with Gasteiger partial charge in [-0.05, 0) is 49.7 Å². The molecule has 0 fully saturated rings. The van der Waals surface area contributed by atoms with Crippen LogP contribution in [0.5, 0.6) is 0 Å². The van der Waals surface area contributed by atoms with Crippen molar-refractivity contribution < 1.29 is 13.2 Å². The van der Waals surface area contributed by atoms with E-state index in [1.54, 1.807) is 49.6 Å². The van der Waals surface area contributed by atoms with E-state index < -0.39 is 10.0 Å². The van der Waals surface area contributed by atoms with Gasteiger partial charge in [-0.15, -0.1) is 0 Å². The lowest BCUT2D eigenvalue weighted by molar-refractivity contribution is 0.101. The third kappa shape index (κ3) is 3.71. The molecule has 2 aromatic rings. The van der Waals surface area contributed by atoms with Gasteiger partial charge >= 0.3 is 0 Å². The molecular formula is C16H18N2O3S. The maximum absolute atomic E-state index is 12.4. The summed E-state index contributed by atoms with van der Waals surface area (Å²) in [6.07, 6.45) is 3.28. The molecule has 0 radical (unpaired) electrons. The van der Waals surface area contributed by atoms with E-state index in [-0.39, 0.29) is 18.1 Å². The number of aromatic nitrogens is 1. The Morgan fingerprint density at radius 1 is 1.18 bits per heavy atom. The number of pyridine rings is 1. The van der Waals surface area contributed by atoms with Crippen molar-refractivity contribution in [2.45, 2.75) is 20.4 Å². The van der Waals surface area contributed by atoms with Gasteiger partial charge in [0.05, 0.1) is 18.0 Å². The molecule has 0 aliphatic rings. The topological polar surface area (TPSA) is 67.3 Å². The van der Waals surface area contributed by atoms with E-state index in [1.165, 1.54) is 11.2 Å². The zero-order valence-corrected chi connectivity index (χ0v) is 13.4. The predicted octanol–water partition coefficient (Wildman–Crippen LogP) is 2.64. The lowest BCUT2D eigenvalue weighted by atomic mass is 10.1. The summed E-state index contributed by atoms with van der Waals surface area (Å²) in [5.74, 6) is -0.0504. The van der Waals surface area contributed by atoms with Crippen LogP contribution in [0.15, 0.2) is 48.8 Å². The Bertz CT molecular complexity index is 741. The quantitative estimate of drug-likeness (QED) is 0.768. The molecule has 22 heavy (non-hydrogen) atoms. The standard InChI is InChI=1S/C16H18N2O3S/c1-3-22(20,21)18(12-14-5-4-10-17-11-14)16-8-6-15(7-9-16)13(2)19/h4-11H,3,12H2,1-2H3. The van der Waals surface area contributed by atoms with E-state index >= 15 is 0 Å². The van der Waals surface area contributed by atoms with Crippen molar-refractivity contribution in [3.8, 4) is 0 Å². The van der Waals surface area contributed by atoms with Crippen molar-refractivity contribution in [2.24, 2.45) is 0 Å². The molecule has 0 aliphatic carbocycles. The Labute approximate surface area is 130 Å². The number of anilines is 1. The van der Waals surface area contributed by atoms with Gasteiger partial charge < -0.3 is 0 Å². The minimum absolute atomic E-state index is 0.00171. The van der Waals surface area contributed by atoms with E-state index in [4.69, 9.17) is 0 Å². The molecule has 116 valence electrons. The van der Waals surface area contributed by atoms with E-state index in [0.29, 0.717) is 11.3 Å². The molecule has 0 bridgehead atoms. The number of Topliss-reactive ketones (excluding diaryl/α,β-unsaturated/α-hetero) is 1. The Morgan fingerprint density at radius 3 is 2.36 bits per heavy atom. The van der Waals surface area contributed by atoms with Gasteiger partial charge in [-0.1, -0.05) is 6.07 Å². The number of nitrogens with zero attached hydrogens (tertiary/aromatic N) is 2. The monoisotopic (exact) mass is 318 g/mol. The van der Waals surface area contributed by atoms with Crippen LogP contribution >= 0.6 is 0 Å². The summed E-state index contributed by atoms with van der Waals surface area (Å²) in [5.41, 5.74) is 1.89. The fraction of sp³-hybridized carbons (Fsp3) is 0.250. The molecule has 0 N–H and O–H groups in total. The highest BCUT2D eigenvalue weighted by Gasteiger charge is 2.21. The number of benzene rings is 1. The summed E-state index contributed by atoms with van der Waals surface area (Å²) in [6, 6.07) is 10.2. The van der Waals surface area contributed by atoms with Crippen LogP contribution in [-0.4, -0.2) is 24.9 Å². The van der Waals surface area contributed by atoms with E-state index in [1.807, 2.05) is 6.07 Å². The lowest BCUT2D eigenvalue weighted by Gasteiger charge is -2.24. The molecule has 0 saturated carbocycles. The van der Waals surface area contributed by atoms with Crippen molar-refractivity contribution in [3.05, 3.63) is 59.9 Å². The molecule has 0 aliphatic heterocycles. The number of carbonyl (C=O) groups is 1. The van der Waals surface area contributed by atoms with Gasteiger partial charge in [-0.3, -0.25) is 14.1 Å². The zero-order valence-electron chi connectivity index (χ0n) is 12.6. The summed E-state index contributed by atoms with van der Waals surface area (Å²) < 4.78 is 26.1. The molecule has 1 aromatic carbocycles. The number of carbonyl (C=O) groups excluding carboxylic acids is 1. The first-order valence-corrected chi connectivity index (χ1v) is 8.55. The third-order valence-electron chi connectivity index (χ3n) is 3.31. The summed E-state index contributed by atoms with van der Waals surface area (Å²) in [6.45, 7) is 3.30. The van der Waals surface area contributed by atoms with Crippen LogP contribution < -0.4 is 4.31 Å². The fourth-order valence-electron chi connectivity index (χ4n) is 2.03. The van der Waals surface area contributed by atoms with Crippen LogP contribution in [0.25, 0.3) is 0 Å². The molecule has 6 heteroatoms. The van der Waals surface area contributed by atoms with Crippen molar-refractivity contribution in [3.63, 3.8) is 0 Å². The summed E-state index contributed by atoms with van der Waals surface area (Å²) in [4.78, 5) is 15.3. The maximum atomic E-state index is 12.4. The molecule has 0 atom stereocenters. The Balaban J connectivity index is 2.38. The highest BCUT2D eigenvalue weighted by Crippen LogP contribution is 2.22. The van der Waals surface area contributed by atoms with Crippen LogP contribution in [0.4, 0.5) is 5.69 Å². The molecule has 5 nitrogen and oxygen atoms in total. The SMILES string of the molecule is CCS(=O)(=O)N(Cc1cccnc1)c1ccc(C(C)=O)cc1. The van der Waals surface area contributed by atoms with Gasteiger partial charge in [-0.25, -0.2) is 8.42 Å². The largest absolute Gasteiger partial charge is 0.295 e. The van der Waals surface area contributed by atoms with Gasteiger partial charge in [0.15, 0.2) is 5.78 Å². The zero-order chi connectivity index (χ0) is 16.2. The molecule has 1 aromatic heterocycles. The third-order valence-corrected chi connectivity index (χ3v) is 5.05. The second-order valence-electron chi connectivity index (χ2n) is 4.87. The van der Waals surface area contributed by atoms with Crippen molar-refractivity contribution in [1.82, 2.24) is 4.98 Å². The first-order valence-electron chi connectivity index (χ1n) is 6.94. The molecule has 2 rings (SSSR count). The molecule has 0 spiro atoms. The van der Waals surface area contributed by atoms with Crippen molar-refractivity contribution >= 4 is 21.5 Å². The molecule has 1 heterocycles. The van der Waals surface area contributed by atoms with Gasteiger partial charge in [0.2, 0.25) is 10.0 Å². The average Bonchev–Trinajstić information content (AvgIpc) is 2.53. The van der Waals surface area contributed by atoms with E-state index in [9.17, 15) is 13.2 Å². The van der Waals surface area contributed by atoms with Crippen LogP contribution in [-0.2, 0) is 16.6 Å². The minimum Gasteiger partial charge on any atom is -0.295 e. The van der Waals surface area contributed by atoms with Gasteiger partial charge in [-0.2, -0.15) is 0 Å². The number of sulfonamides is 1. The fourth-order valence-corrected chi connectivity index (χ4v) is 3.13. The number of hydrogen-bond acceptors (Lipinski definition) is 4. The van der Waals surface area contributed by atoms with Crippen molar-refractivity contribution in [1.29, 1.82) is 0 Å². The maximum Gasteiger partial charge on any atom is 0.235 e. The first-order chi connectivity index (χ1) is 10.4. The Kier molecular flexibility index (Phi) is 4.92. The van der Waals surface area contributed by atoms with Gasteiger partial charge in [0.25, 0.3) is 0 Å². The lowest BCUT2D eigenvalue weighted by Crippen LogP contribution is -2.31. The van der Waals surface area contributed by atoms with Gasteiger partial charge in [0.1, 0.15) is 0 Å². The summed E-state index contributed by atoms with van der Waals surface area (Å²) in [5, 5.41) is 0. The number of hydrogen-bond donors (Lipinski definition) is 0. The smallest absolute Gasteiger partial charge is 0.235 e. The number of rotatable bonds is 6. The second-order valence-corrected chi connectivity index (χ2v) is 7.05. The molecule has 0 saturated heterocycles. The average molecular weight is 318 g/mol. The van der Waals surface area contributed by atoms with Crippen LogP contribution in [0.3, 0.4) is 0 Å². The molecule has 0 unspecified atom stereocenters. The van der Waals surface area contributed by atoms with E-state index in [0.717, 1.165) is 5.56 Å². The summed E-state index contributed by atoms with van der Waals surface area (Å²) >= 11 is 0. The molecule has 0 amide bonds. The first kappa shape index (κ1) is 16.2. The molecular weight excluding hydrogens is 300 g/mol.